The second-order valence-electron chi connectivity index (χ2n) is 6.91. The summed E-state index contributed by atoms with van der Waals surface area (Å²) >= 11 is 0. The Morgan fingerprint density at radius 3 is 2.68 bits per heavy atom. The van der Waals surface area contributed by atoms with Gasteiger partial charge in [-0.2, -0.15) is 0 Å². The lowest BCUT2D eigenvalue weighted by Crippen LogP contribution is -2.45. The van der Waals surface area contributed by atoms with Gasteiger partial charge in [0.1, 0.15) is 5.82 Å². The van der Waals surface area contributed by atoms with Crippen molar-refractivity contribution in [1.82, 2.24) is 9.88 Å². The van der Waals surface area contributed by atoms with Crippen LogP contribution in [-0.4, -0.2) is 36.2 Å². The number of ether oxygens (including phenoxy) is 1. The van der Waals surface area contributed by atoms with E-state index < -0.39 is 0 Å². The van der Waals surface area contributed by atoms with E-state index in [0.717, 1.165) is 30.5 Å². The lowest BCUT2D eigenvalue weighted by molar-refractivity contribution is -0.0182. The van der Waals surface area contributed by atoms with Crippen molar-refractivity contribution in [3.05, 3.63) is 35.3 Å². The number of methoxy groups -OCH3 is 1. The smallest absolute Gasteiger partial charge is 0.123 e. The maximum Gasteiger partial charge on any atom is 0.123 e. The zero-order valence-corrected chi connectivity index (χ0v) is 13.2. The minimum atomic E-state index is -0.167. The number of nitrogens with zero attached hydrogens (tertiary/aromatic N) is 1. The van der Waals surface area contributed by atoms with Crippen LogP contribution in [0.25, 0.3) is 10.9 Å². The van der Waals surface area contributed by atoms with Crippen molar-refractivity contribution in [2.75, 3.05) is 20.2 Å². The Balaban J connectivity index is 1.56. The van der Waals surface area contributed by atoms with Gasteiger partial charge in [0.05, 0.1) is 6.10 Å². The molecule has 0 spiro atoms. The van der Waals surface area contributed by atoms with Crippen molar-refractivity contribution in [3.63, 3.8) is 0 Å². The zero-order chi connectivity index (χ0) is 15.3. The first-order valence-electron chi connectivity index (χ1n) is 8.17. The van der Waals surface area contributed by atoms with Gasteiger partial charge in [-0.3, -0.25) is 4.90 Å². The summed E-state index contributed by atoms with van der Waals surface area (Å²) < 4.78 is 19.1. The van der Waals surface area contributed by atoms with E-state index >= 15 is 0 Å². The van der Waals surface area contributed by atoms with Gasteiger partial charge >= 0.3 is 0 Å². The van der Waals surface area contributed by atoms with Gasteiger partial charge < -0.3 is 9.72 Å². The summed E-state index contributed by atoms with van der Waals surface area (Å²) in [6, 6.07) is 4.99. The Kier molecular flexibility index (Phi) is 3.46. The highest BCUT2D eigenvalue weighted by atomic mass is 19.1. The number of aromatic amines is 1. The number of hydrogen-bond acceptors (Lipinski definition) is 2. The van der Waals surface area contributed by atoms with E-state index in [1.54, 1.807) is 6.07 Å². The van der Waals surface area contributed by atoms with Crippen LogP contribution in [0.3, 0.4) is 0 Å². The SMILES string of the molecule is COC1C2CCC1CN(Cc1[nH]c3ccc(F)cc3c1C)C2. The molecule has 1 aromatic carbocycles. The van der Waals surface area contributed by atoms with Crippen molar-refractivity contribution in [2.24, 2.45) is 11.8 Å². The van der Waals surface area contributed by atoms with E-state index in [4.69, 9.17) is 4.74 Å². The number of aryl methyl sites for hydroxylation is 1. The van der Waals surface area contributed by atoms with Crippen LogP contribution in [0.5, 0.6) is 0 Å². The van der Waals surface area contributed by atoms with E-state index in [1.165, 1.54) is 30.2 Å². The number of benzene rings is 1. The average Bonchev–Trinajstić information content (AvgIpc) is 2.94. The second-order valence-corrected chi connectivity index (χ2v) is 6.91. The van der Waals surface area contributed by atoms with E-state index in [9.17, 15) is 4.39 Å². The molecule has 4 rings (SSSR count). The summed E-state index contributed by atoms with van der Waals surface area (Å²) in [4.78, 5) is 6.01. The minimum Gasteiger partial charge on any atom is -0.381 e. The molecule has 3 nitrogen and oxygen atoms in total. The molecule has 2 bridgehead atoms. The highest BCUT2D eigenvalue weighted by molar-refractivity contribution is 5.84. The van der Waals surface area contributed by atoms with Crippen LogP contribution in [0.4, 0.5) is 4.39 Å². The van der Waals surface area contributed by atoms with Gasteiger partial charge in [0, 0.05) is 43.3 Å². The molecule has 2 unspecified atom stereocenters. The normalized spacial score (nSPS) is 28.6. The summed E-state index contributed by atoms with van der Waals surface area (Å²) in [6.07, 6.45) is 3.03. The van der Waals surface area contributed by atoms with Gasteiger partial charge in [-0.25, -0.2) is 4.39 Å². The van der Waals surface area contributed by atoms with Crippen molar-refractivity contribution in [3.8, 4) is 0 Å². The van der Waals surface area contributed by atoms with E-state index in [-0.39, 0.29) is 5.82 Å². The van der Waals surface area contributed by atoms with Gasteiger partial charge in [0.25, 0.3) is 0 Å². The monoisotopic (exact) mass is 302 g/mol. The third-order valence-corrected chi connectivity index (χ3v) is 5.60. The highest BCUT2D eigenvalue weighted by Crippen LogP contribution is 2.39. The number of hydrogen-bond donors (Lipinski definition) is 1. The fraction of sp³-hybridized carbons (Fsp3) is 0.556. The van der Waals surface area contributed by atoms with Gasteiger partial charge in [-0.1, -0.05) is 0 Å². The molecule has 2 fully saturated rings. The average molecular weight is 302 g/mol. The summed E-state index contributed by atoms with van der Waals surface area (Å²) in [5.74, 6) is 1.18. The zero-order valence-electron chi connectivity index (χ0n) is 13.2. The molecular formula is C18H23FN2O. The summed E-state index contributed by atoms with van der Waals surface area (Å²) in [5.41, 5.74) is 3.43. The molecule has 2 aromatic rings. The molecule has 2 atom stereocenters. The number of likely N-dealkylation sites (tertiary alicyclic amines) is 1. The molecule has 22 heavy (non-hydrogen) atoms. The summed E-state index contributed by atoms with van der Waals surface area (Å²) in [6.45, 7) is 5.23. The highest BCUT2D eigenvalue weighted by Gasteiger charge is 2.42. The van der Waals surface area contributed by atoms with Crippen LogP contribution >= 0.6 is 0 Å². The quantitative estimate of drug-likeness (QED) is 0.940. The molecule has 2 aliphatic rings. The molecule has 1 aromatic heterocycles. The maximum absolute atomic E-state index is 13.4. The van der Waals surface area contributed by atoms with Gasteiger partial charge in [0.15, 0.2) is 0 Å². The Hall–Kier alpha value is -1.39. The third kappa shape index (κ3) is 2.25. The van der Waals surface area contributed by atoms with Gasteiger partial charge in [0.2, 0.25) is 0 Å². The molecule has 1 aliphatic carbocycles. The minimum absolute atomic E-state index is 0.167. The molecule has 0 radical (unpaired) electrons. The molecule has 118 valence electrons. The van der Waals surface area contributed by atoms with Crippen molar-refractivity contribution in [2.45, 2.75) is 32.4 Å². The fourth-order valence-corrected chi connectivity index (χ4v) is 4.52. The fourth-order valence-electron chi connectivity index (χ4n) is 4.52. The summed E-state index contributed by atoms with van der Waals surface area (Å²) in [5, 5.41) is 1.00. The van der Waals surface area contributed by atoms with Crippen molar-refractivity contribution < 1.29 is 9.13 Å². The first-order valence-corrected chi connectivity index (χ1v) is 8.17. The number of piperidine rings is 1. The Morgan fingerprint density at radius 2 is 2.00 bits per heavy atom. The van der Waals surface area contributed by atoms with Crippen molar-refractivity contribution in [1.29, 1.82) is 0 Å². The number of rotatable bonds is 3. The Labute approximate surface area is 130 Å². The van der Waals surface area contributed by atoms with Crippen LogP contribution < -0.4 is 0 Å². The number of nitrogens with one attached hydrogen (secondary N) is 1. The molecule has 1 N–H and O–H groups in total. The first-order chi connectivity index (χ1) is 10.7. The molecule has 0 amide bonds. The Morgan fingerprint density at radius 1 is 1.27 bits per heavy atom. The molecule has 1 saturated heterocycles. The Bertz CT molecular complexity index is 682. The van der Waals surface area contributed by atoms with Crippen LogP contribution in [0.2, 0.25) is 0 Å². The van der Waals surface area contributed by atoms with Crippen LogP contribution in [0.1, 0.15) is 24.1 Å². The third-order valence-electron chi connectivity index (χ3n) is 5.60. The predicted molar refractivity (Wildman–Crippen MR) is 85.3 cm³/mol. The molecule has 1 saturated carbocycles. The van der Waals surface area contributed by atoms with Crippen LogP contribution in [0.15, 0.2) is 18.2 Å². The number of halogens is 1. The van der Waals surface area contributed by atoms with E-state index in [2.05, 4.69) is 16.8 Å². The molecule has 1 aliphatic heterocycles. The summed E-state index contributed by atoms with van der Waals surface area (Å²) in [7, 11) is 1.85. The molecular weight excluding hydrogens is 279 g/mol. The van der Waals surface area contributed by atoms with Crippen LogP contribution in [0, 0.1) is 24.6 Å². The van der Waals surface area contributed by atoms with Gasteiger partial charge in [-0.05, 0) is 55.4 Å². The van der Waals surface area contributed by atoms with Crippen molar-refractivity contribution >= 4 is 10.9 Å². The van der Waals surface area contributed by atoms with E-state index in [1.807, 2.05) is 13.2 Å². The lowest BCUT2D eigenvalue weighted by atomic mass is 9.94. The van der Waals surface area contributed by atoms with Crippen LogP contribution in [-0.2, 0) is 11.3 Å². The second kappa shape index (κ2) is 5.36. The molecule has 4 heteroatoms. The number of H-pyrrole nitrogens is 1. The maximum atomic E-state index is 13.4. The number of fused-ring (bicyclic) bond motifs is 3. The van der Waals surface area contributed by atoms with E-state index in [0.29, 0.717) is 17.9 Å². The first kappa shape index (κ1) is 14.2. The lowest BCUT2D eigenvalue weighted by Gasteiger charge is -2.37. The largest absolute Gasteiger partial charge is 0.381 e. The standard InChI is InChI=1S/C18H23FN2O/c1-11-15-7-14(19)5-6-16(15)20-17(11)10-21-8-12-3-4-13(9-21)18(12)22-2/h5-7,12-13,18,20H,3-4,8-10H2,1-2H3. The predicted octanol–water partition coefficient (Wildman–Crippen LogP) is 3.47. The topological polar surface area (TPSA) is 28.3 Å². The molecule has 2 heterocycles. The number of aromatic nitrogens is 1. The van der Waals surface area contributed by atoms with Gasteiger partial charge in [-0.15, -0.1) is 0 Å².